The first-order chi connectivity index (χ1) is 15.5. The van der Waals surface area contributed by atoms with Gasteiger partial charge in [0.1, 0.15) is 31.4 Å². The minimum atomic E-state index is -0.331. The molecule has 0 aliphatic carbocycles. The van der Waals surface area contributed by atoms with Crippen LogP contribution >= 0.6 is 15.9 Å². The predicted octanol–water partition coefficient (Wildman–Crippen LogP) is 3.77. The Labute approximate surface area is 192 Å². The normalized spacial score (nSPS) is 17.4. The molecule has 32 heavy (non-hydrogen) atoms. The number of carbonyl (C=O) groups excluding carboxylic acids is 1. The van der Waals surface area contributed by atoms with Crippen molar-refractivity contribution in [1.29, 1.82) is 5.26 Å². The zero-order chi connectivity index (χ0) is 22.2. The summed E-state index contributed by atoms with van der Waals surface area (Å²) < 4.78 is 13.8. The number of likely N-dealkylation sites (tertiary alicyclic amines) is 1. The summed E-state index contributed by atoms with van der Waals surface area (Å²) in [6.45, 7) is 1.76. The maximum atomic E-state index is 13.4. The standard InChI is InChI=1S/C24H20BrN3O4/c25-17-4-5-20-18(11-17)24(30)16(12-26)13-27(20)14-23(29)28-7-1-2-19(28)15-3-6-21-22(10-15)32-9-8-31-21/h3-6,10-11,13,19H,1-2,7-9,14H2. The number of rotatable bonds is 3. The maximum absolute atomic E-state index is 13.4. The molecule has 1 atom stereocenters. The van der Waals surface area contributed by atoms with Gasteiger partial charge in [-0.25, -0.2) is 0 Å². The molecule has 0 spiro atoms. The summed E-state index contributed by atoms with van der Waals surface area (Å²) in [6, 6.07) is 13.1. The minimum absolute atomic E-state index is 0.0215. The molecule has 1 unspecified atom stereocenters. The van der Waals surface area contributed by atoms with Crippen LogP contribution in [0.25, 0.3) is 10.9 Å². The molecule has 2 aliphatic rings. The quantitative estimate of drug-likeness (QED) is 0.554. The Morgan fingerprint density at radius 2 is 1.97 bits per heavy atom. The fraction of sp³-hybridized carbons (Fsp3) is 0.292. The zero-order valence-electron chi connectivity index (χ0n) is 17.2. The van der Waals surface area contributed by atoms with Gasteiger partial charge in [0.25, 0.3) is 0 Å². The Morgan fingerprint density at radius 3 is 2.78 bits per heavy atom. The molecule has 0 N–H and O–H groups in total. The highest BCUT2D eigenvalue weighted by Gasteiger charge is 2.31. The Hall–Kier alpha value is -3.31. The van der Waals surface area contributed by atoms with Gasteiger partial charge in [0, 0.05) is 22.6 Å². The van der Waals surface area contributed by atoms with Gasteiger partial charge in [0.15, 0.2) is 11.5 Å². The highest BCUT2D eigenvalue weighted by Crippen LogP contribution is 2.38. The molecule has 1 fully saturated rings. The molecule has 1 saturated heterocycles. The number of aromatic nitrogens is 1. The van der Waals surface area contributed by atoms with E-state index in [1.807, 2.05) is 35.2 Å². The van der Waals surface area contributed by atoms with Gasteiger partial charge in [0.05, 0.1) is 11.6 Å². The van der Waals surface area contributed by atoms with Gasteiger partial charge in [-0.15, -0.1) is 0 Å². The van der Waals surface area contributed by atoms with Crippen LogP contribution in [-0.4, -0.2) is 35.1 Å². The molecule has 162 valence electrons. The van der Waals surface area contributed by atoms with E-state index in [2.05, 4.69) is 15.9 Å². The van der Waals surface area contributed by atoms with E-state index in [9.17, 15) is 14.9 Å². The van der Waals surface area contributed by atoms with Crippen molar-refractivity contribution in [3.05, 3.63) is 68.4 Å². The number of halogens is 1. The van der Waals surface area contributed by atoms with Crippen LogP contribution in [0.5, 0.6) is 11.5 Å². The molecule has 2 aromatic carbocycles. The van der Waals surface area contributed by atoms with Crippen molar-refractivity contribution in [1.82, 2.24) is 9.47 Å². The smallest absolute Gasteiger partial charge is 0.243 e. The third kappa shape index (κ3) is 3.63. The molecule has 3 aromatic rings. The molecule has 3 heterocycles. The molecule has 0 saturated carbocycles. The number of benzene rings is 2. The first-order valence-corrected chi connectivity index (χ1v) is 11.3. The average molecular weight is 494 g/mol. The lowest BCUT2D eigenvalue weighted by Gasteiger charge is -2.27. The van der Waals surface area contributed by atoms with Crippen molar-refractivity contribution in [3.63, 3.8) is 0 Å². The lowest BCUT2D eigenvalue weighted by molar-refractivity contribution is -0.132. The Balaban J connectivity index is 1.46. The summed E-state index contributed by atoms with van der Waals surface area (Å²) in [4.78, 5) is 27.8. The molecule has 7 nitrogen and oxygen atoms in total. The van der Waals surface area contributed by atoms with E-state index in [4.69, 9.17) is 9.47 Å². The zero-order valence-corrected chi connectivity index (χ0v) is 18.8. The summed E-state index contributed by atoms with van der Waals surface area (Å²) in [5, 5.41) is 9.83. The molecule has 1 aromatic heterocycles. The van der Waals surface area contributed by atoms with E-state index in [1.165, 1.54) is 6.20 Å². The Bertz CT molecular complexity index is 1330. The van der Waals surface area contributed by atoms with E-state index >= 15 is 0 Å². The van der Waals surface area contributed by atoms with E-state index < -0.39 is 0 Å². The van der Waals surface area contributed by atoms with Crippen LogP contribution in [0.4, 0.5) is 0 Å². The van der Waals surface area contributed by atoms with Crippen LogP contribution in [0.3, 0.4) is 0 Å². The number of hydrogen-bond donors (Lipinski definition) is 0. The molecular weight excluding hydrogens is 474 g/mol. The SMILES string of the molecule is N#Cc1cn(CC(=O)N2CCCC2c2ccc3c(c2)OCCO3)c2ccc(Br)cc2c1=O. The second-order valence-electron chi connectivity index (χ2n) is 7.92. The van der Waals surface area contributed by atoms with Crippen LogP contribution in [0.1, 0.15) is 30.0 Å². The fourth-order valence-corrected chi connectivity index (χ4v) is 4.86. The molecule has 5 rings (SSSR count). The fourth-order valence-electron chi connectivity index (χ4n) is 4.50. The third-order valence-corrected chi connectivity index (χ3v) is 6.49. The van der Waals surface area contributed by atoms with Crippen molar-refractivity contribution in [2.45, 2.75) is 25.4 Å². The van der Waals surface area contributed by atoms with Crippen molar-refractivity contribution in [3.8, 4) is 17.6 Å². The van der Waals surface area contributed by atoms with E-state index in [0.29, 0.717) is 36.4 Å². The van der Waals surface area contributed by atoms with Gasteiger partial charge >= 0.3 is 0 Å². The van der Waals surface area contributed by atoms with Crippen molar-refractivity contribution in [2.75, 3.05) is 19.8 Å². The molecule has 0 radical (unpaired) electrons. The number of hydrogen-bond acceptors (Lipinski definition) is 5. The van der Waals surface area contributed by atoms with Gasteiger partial charge in [0.2, 0.25) is 11.3 Å². The molecule has 2 aliphatic heterocycles. The Morgan fingerprint density at radius 1 is 1.16 bits per heavy atom. The van der Waals surface area contributed by atoms with E-state index in [0.717, 1.165) is 28.6 Å². The number of fused-ring (bicyclic) bond motifs is 2. The molecule has 0 bridgehead atoms. The second kappa shape index (κ2) is 8.32. The Kier molecular flexibility index (Phi) is 5.35. The first-order valence-electron chi connectivity index (χ1n) is 10.5. The molecule has 1 amide bonds. The van der Waals surface area contributed by atoms with Gasteiger partial charge in [-0.2, -0.15) is 5.26 Å². The lowest BCUT2D eigenvalue weighted by Crippen LogP contribution is -2.34. The first kappa shape index (κ1) is 20.6. The molecular formula is C24H20BrN3O4. The molecule has 8 heteroatoms. The summed E-state index contributed by atoms with van der Waals surface area (Å²) in [5.41, 5.74) is 1.34. The van der Waals surface area contributed by atoms with E-state index in [-0.39, 0.29) is 29.5 Å². The predicted molar refractivity (Wildman–Crippen MR) is 122 cm³/mol. The van der Waals surface area contributed by atoms with Crippen LogP contribution in [-0.2, 0) is 11.3 Å². The van der Waals surface area contributed by atoms with Crippen molar-refractivity contribution < 1.29 is 14.3 Å². The minimum Gasteiger partial charge on any atom is -0.486 e. The van der Waals surface area contributed by atoms with Crippen molar-refractivity contribution in [2.24, 2.45) is 0 Å². The van der Waals surface area contributed by atoms with Gasteiger partial charge in [-0.05, 0) is 48.7 Å². The topological polar surface area (TPSA) is 84.6 Å². The number of nitriles is 1. The van der Waals surface area contributed by atoms with E-state index in [1.54, 1.807) is 16.7 Å². The largest absolute Gasteiger partial charge is 0.486 e. The van der Waals surface area contributed by atoms with Gasteiger partial charge in [-0.3, -0.25) is 9.59 Å². The summed E-state index contributed by atoms with van der Waals surface area (Å²) in [5.74, 6) is 1.38. The van der Waals surface area contributed by atoms with Crippen LogP contribution in [0, 0.1) is 11.3 Å². The second-order valence-corrected chi connectivity index (χ2v) is 8.84. The van der Waals surface area contributed by atoms with Gasteiger partial charge in [-0.1, -0.05) is 22.0 Å². The summed E-state index contributed by atoms with van der Waals surface area (Å²) in [7, 11) is 0. The monoisotopic (exact) mass is 493 g/mol. The van der Waals surface area contributed by atoms with Crippen molar-refractivity contribution >= 4 is 32.7 Å². The van der Waals surface area contributed by atoms with Crippen LogP contribution in [0.2, 0.25) is 0 Å². The highest BCUT2D eigenvalue weighted by molar-refractivity contribution is 9.10. The number of amides is 1. The number of pyridine rings is 1. The third-order valence-electron chi connectivity index (χ3n) is 5.99. The number of nitrogens with zero attached hydrogens (tertiary/aromatic N) is 3. The van der Waals surface area contributed by atoms with Gasteiger partial charge < -0.3 is 18.9 Å². The summed E-state index contributed by atoms with van der Waals surface area (Å²) >= 11 is 3.38. The average Bonchev–Trinajstić information content (AvgIpc) is 3.31. The number of ether oxygens (including phenoxy) is 2. The lowest BCUT2D eigenvalue weighted by atomic mass is 10.0. The summed E-state index contributed by atoms with van der Waals surface area (Å²) in [6.07, 6.45) is 3.25. The highest BCUT2D eigenvalue weighted by atomic mass is 79.9. The maximum Gasteiger partial charge on any atom is 0.243 e. The van der Waals surface area contributed by atoms with Crippen LogP contribution < -0.4 is 14.9 Å². The number of carbonyl (C=O) groups is 1. The van der Waals surface area contributed by atoms with Crippen LogP contribution in [0.15, 0.2) is 51.9 Å².